The van der Waals surface area contributed by atoms with Crippen molar-refractivity contribution in [3.05, 3.63) is 124 Å². The Morgan fingerprint density at radius 3 is 2.62 bits per heavy atom. The smallest absolute Gasteiger partial charge is 0.180 e. The molecule has 8 nitrogen and oxygen atoms in total. The Morgan fingerprint density at radius 1 is 0.979 bits per heavy atom. The number of aromatic nitrogens is 3. The van der Waals surface area contributed by atoms with Crippen LogP contribution in [0.4, 0.5) is 15.9 Å². The summed E-state index contributed by atoms with van der Waals surface area (Å²) >= 11 is 5.06. The third-order valence-corrected chi connectivity index (χ3v) is 10.6. The minimum Gasteiger partial charge on any atom is -0.488 e. The Hall–Kier alpha value is -4.23. The molecular weight excluding hydrogens is 703 g/mol. The molecule has 2 heterocycles. The third-order valence-electron chi connectivity index (χ3n) is 7.35. The van der Waals surface area contributed by atoms with Crippen LogP contribution in [0.15, 0.2) is 112 Å². The van der Waals surface area contributed by atoms with E-state index >= 15 is 0 Å². The maximum absolute atomic E-state index is 13.5. The number of nitrogens with zero attached hydrogens (tertiary/aromatic N) is 3. The molecule has 1 atom stereocenters. The molecule has 0 radical (unpaired) electrons. The maximum Gasteiger partial charge on any atom is 0.180 e. The highest BCUT2D eigenvalue weighted by molar-refractivity contribution is 9.10. The minimum atomic E-state index is -3.43. The number of halogens is 2. The number of nitrogens with one attached hydrogen (secondary N) is 1. The van der Waals surface area contributed by atoms with E-state index in [0.29, 0.717) is 22.9 Å². The van der Waals surface area contributed by atoms with Crippen LogP contribution in [0.2, 0.25) is 0 Å². The molecule has 0 aliphatic carbocycles. The predicted molar refractivity (Wildman–Crippen MR) is 186 cm³/mol. The Kier molecular flexibility index (Phi) is 10.2. The lowest BCUT2D eigenvalue weighted by Crippen LogP contribution is -2.14. The van der Waals surface area contributed by atoms with Gasteiger partial charge >= 0.3 is 0 Å². The third kappa shape index (κ3) is 8.02. The molecule has 0 amide bonds. The highest BCUT2D eigenvalue weighted by atomic mass is 79.9. The molecule has 4 aromatic carbocycles. The van der Waals surface area contributed by atoms with Crippen molar-refractivity contribution in [1.29, 1.82) is 0 Å². The zero-order valence-corrected chi connectivity index (χ0v) is 28.5. The van der Waals surface area contributed by atoms with Gasteiger partial charge in [-0.25, -0.2) is 27.8 Å². The summed E-state index contributed by atoms with van der Waals surface area (Å²) in [5, 5.41) is 6.95. The lowest BCUT2D eigenvalue weighted by molar-refractivity contribution is 0.0609. The van der Waals surface area contributed by atoms with E-state index < -0.39 is 9.84 Å². The average molecular weight is 734 g/mol. The highest BCUT2D eigenvalue weighted by Gasteiger charge is 2.19. The van der Waals surface area contributed by atoms with Crippen molar-refractivity contribution in [3.63, 3.8) is 0 Å². The fourth-order valence-corrected chi connectivity index (χ4v) is 7.49. The van der Waals surface area contributed by atoms with E-state index in [4.69, 9.17) is 14.5 Å². The zero-order chi connectivity index (χ0) is 32.8. The number of ether oxygens (including phenoxy) is 2. The van der Waals surface area contributed by atoms with E-state index in [1.54, 1.807) is 36.4 Å². The number of thiazole rings is 1. The highest BCUT2D eigenvalue weighted by Crippen LogP contribution is 2.34. The first kappa shape index (κ1) is 32.7. The van der Waals surface area contributed by atoms with Crippen LogP contribution in [0.25, 0.3) is 22.2 Å². The van der Waals surface area contributed by atoms with Crippen molar-refractivity contribution in [2.75, 3.05) is 17.7 Å². The zero-order valence-electron chi connectivity index (χ0n) is 25.3. The molecule has 2 aromatic heterocycles. The van der Waals surface area contributed by atoms with Crippen molar-refractivity contribution in [1.82, 2.24) is 15.0 Å². The minimum absolute atomic E-state index is 0.0726. The van der Waals surface area contributed by atoms with Crippen molar-refractivity contribution in [2.45, 2.75) is 31.0 Å². The van der Waals surface area contributed by atoms with E-state index in [0.717, 1.165) is 42.9 Å². The van der Waals surface area contributed by atoms with Gasteiger partial charge in [0.1, 0.15) is 41.4 Å². The van der Waals surface area contributed by atoms with Gasteiger partial charge in [0.2, 0.25) is 0 Å². The van der Waals surface area contributed by atoms with Gasteiger partial charge in [-0.2, -0.15) is 0 Å². The molecule has 0 aliphatic heterocycles. The SMILES string of the molecule is CCC(OCCS(=O)(=O)c1ccccc1)c1nc(-c2ccc3ncnc(Nc4ccc(OCc5cccc(F)c5)c(Br)c4)c3c2)cs1. The molecule has 0 spiro atoms. The second-order valence-corrected chi connectivity index (χ2v) is 14.5. The van der Waals surface area contributed by atoms with E-state index in [1.807, 2.05) is 54.8 Å². The van der Waals surface area contributed by atoms with Crippen LogP contribution < -0.4 is 10.1 Å². The Morgan fingerprint density at radius 2 is 1.83 bits per heavy atom. The lowest BCUT2D eigenvalue weighted by atomic mass is 10.1. The number of benzene rings is 4. The van der Waals surface area contributed by atoms with Gasteiger partial charge < -0.3 is 14.8 Å². The summed E-state index contributed by atoms with van der Waals surface area (Å²) in [6.07, 6.45) is 1.85. The molecule has 0 fully saturated rings. The topological polar surface area (TPSA) is 103 Å². The molecule has 6 aromatic rings. The van der Waals surface area contributed by atoms with Gasteiger partial charge in [-0.05, 0) is 82.5 Å². The van der Waals surface area contributed by atoms with Crippen LogP contribution in [0, 0.1) is 5.82 Å². The van der Waals surface area contributed by atoms with Gasteiger partial charge in [-0.15, -0.1) is 11.3 Å². The number of hydrogen-bond donors (Lipinski definition) is 1. The van der Waals surface area contributed by atoms with Crippen molar-refractivity contribution < 1.29 is 22.3 Å². The van der Waals surface area contributed by atoms with Gasteiger partial charge in [0.15, 0.2) is 9.84 Å². The van der Waals surface area contributed by atoms with E-state index in [2.05, 4.69) is 31.2 Å². The number of sulfone groups is 1. The van der Waals surface area contributed by atoms with Crippen molar-refractivity contribution in [2.24, 2.45) is 0 Å². The average Bonchev–Trinajstić information content (AvgIpc) is 3.57. The molecular formula is C35H30BrFN4O4S2. The molecule has 240 valence electrons. The van der Waals surface area contributed by atoms with E-state index in [9.17, 15) is 12.8 Å². The van der Waals surface area contributed by atoms with Crippen LogP contribution in [-0.2, 0) is 21.2 Å². The van der Waals surface area contributed by atoms with Crippen LogP contribution in [0.1, 0.15) is 30.0 Å². The van der Waals surface area contributed by atoms with E-state index in [1.165, 1.54) is 29.8 Å². The summed E-state index contributed by atoms with van der Waals surface area (Å²) in [7, 11) is -3.43. The lowest BCUT2D eigenvalue weighted by Gasteiger charge is -2.14. The fraction of sp³-hybridized carbons (Fsp3) is 0.171. The molecule has 47 heavy (non-hydrogen) atoms. The monoisotopic (exact) mass is 732 g/mol. The summed E-state index contributed by atoms with van der Waals surface area (Å²) in [5.74, 6) is 0.847. The van der Waals surface area contributed by atoms with Crippen LogP contribution in [-0.4, -0.2) is 35.7 Å². The standard InChI is InChI=1S/C35H30BrFN4O4S2/c1-2-32(44-15-16-47(42,43)27-9-4-3-5-10-27)35-41-31(21-46-35)24-11-13-30-28(18-24)34(39-22-38-30)40-26-12-14-33(29(36)19-26)45-20-23-7-6-8-25(37)17-23/h3-14,17-19,21-22,32H,2,15-16,20H2,1H3,(H,38,39,40). The number of hydrogen-bond acceptors (Lipinski definition) is 9. The summed E-state index contributed by atoms with van der Waals surface area (Å²) in [4.78, 5) is 14.1. The summed E-state index contributed by atoms with van der Waals surface area (Å²) < 4.78 is 51.5. The Balaban J connectivity index is 1.14. The summed E-state index contributed by atoms with van der Waals surface area (Å²) in [5.41, 5.74) is 3.96. The molecule has 0 saturated heterocycles. The predicted octanol–water partition coefficient (Wildman–Crippen LogP) is 8.92. The molecule has 12 heteroatoms. The normalized spacial score (nSPS) is 12.2. The fourth-order valence-electron chi connectivity index (χ4n) is 4.91. The molecule has 1 unspecified atom stereocenters. The molecule has 0 bridgehead atoms. The summed E-state index contributed by atoms with van der Waals surface area (Å²) in [6, 6.07) is 26.2. The van der Waals surface area contributed by atoms with Crippen LogP contribution in [0.3, 0.4) is 0 Å². The summed E-state index contributed by atoms with van der Waals surface area (Å²) in [6.45, 7) is 2.30. The second kappa shape index (κ2) is 14.7. The Bertz CT molecular complexity index is 2110. The number of fused-ring (bicyclic) bond motifs is 1. The molecule has 6 rings (SSSR count). The quantitative estimate of drug-likeness (QED) is 0.126. The Labute approximate surface area is 284 Å². The first-order chi connectivity index (χ1) is 22.8. The number of anilines is 2. The van der Waals surface area contributed by atoms with Gasteiger partial charge in [0, 0.05) is 22.0 Å². The van der Waals surface area contributed by atoms with Gasteiger partial charge in [0.05, 0.1) is 32.9 Å². The van der Waals surface area contributed by atoms with E-state index in [-0.39, 0.29) is 30.9 Å². The first-order valence-electron chi connectivity index (χ1n) is 14.8. The van der Waals surface area contributed by atoms with Crippen LogP contribution >= 0.6 is 27.3 Å². The molecule has 0 aliphatic rings. The van der Waals surface area contributed by atoms with Gasteiger partial charge in [-0.3, -0.25) is 0 Å². The first-order valence-corrected chi connectivity index (χ1v) is 18.2. The van der Waals surface area contributed by atoms with Crippen molar-refractivity contribution >= 4 is 59.5 Å². The molecule has 1 N–H and O–H groups in total. The van der Waals surface area contributed by atoms with Crippen LogP contribution in [0.5, 0.6) is 5.75 Å². The largest absolute Gasteiger partial charge is 0.488 e. The second-order valence-electron chi connectivity index (χ2n) is 10.6. The molecule has 0 saturated carbocycles. The van der Waals surface area contributed by atoms with Gasteiger partial charge in [0.25, 0.3) is 0 Å². The van der Waals surface area contributed by atoms with Crippen molar-refractivity contribution in [3.8, 4) is 17.0 Å². The maximum atomic E-state index is 13.5. The number of rotatable bonds is 13. The van der Waals surface area contributed by atoms with Gasteiger partial charge in [-0.1, -0.05) is 43.3 Å².